The normalized spacial score (nSPS) is 12.7. The molecule has 1 amide bonds. The zero-order valence-electron chi connectivity index (χ0n) is 12.1. The lowest BCUT2D eigenvalue weighted by atomic mass is 10.1. The lowest BCUT2D eigenvalue weighted by Gasteiger charge is -2.24. The summed E-state index contributed by atoms with van der Waals surface area (Å²) in [7, 11) is 0. The number of hydrogen-bond donors (Lipinski definition) is 3. The van der Waals surface area contributed by atoms with Crippen molar-refractivity contribution in [3.05, 3.63) is 29.6 Å². The van der Waals surface area contributed by atoms with Gasteiger partial charge in [0.05, 0.1) is 0 Å². The fraction of sp³-hybridized carbons (Fsp3) is 0.429. The Morgan fingerprint density at radius 1 is 1.40 bits per heavy atom. The predicted octanol–water partition coefficient (Wildman–Crippen LogP) is 2.17. The smallest absolute Gasteiger partial charge is 0.242 e. The number of rotatable bonds is 4. The van der Waals surface area contributed by atoms with E-state index in [0.29, 0.717) is 5.69 Å². The van der Waals surface area contributed by atoms with Crippen molar-refractivity contribution in [2.75, 3.05) is 5.32 Å². The molecular weight excluding hydrogens is 277 g/mol. The van der Waals surface area contributed by atoms with Crippen LogP contribution >= 0.6 is 12.2 Å². The molecule has 0 aliphatic rings. The number of anilines is 1. The quantitative estimate of drug-likeness (QED) is 0.745. The average Bonchev–Trinajstić information content (AvgIpc) is 2.26. The van der Waals surface area contributed by atoms with Crippen LogP contribution < -0.4 is 16.4 Å². The van der Waals surface area contributed by atoms with Gasteiger partial charge in [-0.15, -0.1) is 0 Å². The summed E-state index contributed by atoms with van der Waals surface area (Å²) in [5, 5.41) is 5.78. The molecule has 4 N–H and O–H groups in total. The maximum absolute atomic E-state index is 13.7. The van der Waals surface area contributed by atoms with Gasteiger partial charge in [0, 0.05) is 16.8 Å². The van der Waals surface area contributed by atoms with Crippen LogP contribution in [0.1, 0.15) is 33.3 Å². The van der Waals surface area contributed by atoms with E-state index < -0.39 is 11.9 Å². The van der Waals surface area contributed by atoms with Gasteiger partial charge in [0.15, 0.2) is 0 Å². The summed E-state index contributed by atoms with van der Waals surface area (Å²) in [6.45, 7) is 7.40. The highest BCUT2D eigenvalue weighted by Gasteiger charge is 2.19. The van der Waals surface area contributed by atoms with Crippen molar-refractivity contribution in [2.24, 2.45) is 5.73 Å². The van der Waals surface area contributed by atoms with Gasteiger partial charge in [0.2, 0.25) is 5.91 Å². The molecule has 20 heavy (non-hydrogen) atoms. The molecule has 110 valence electrons. The van der Waals surface area contributed by atoms with Crippen LogP contribution in [0.15, 0.2) is 18.2 Å². The highest BCUT2D eigenvalue weighted by atomic mass is 32.1. The van der Waals surface area contributed by atoms with Crippen LogP contribution in [-0.4, -0.2) is 22.5 Å². The van der Waals surface area contributed by atoms with Crippen LogP contribution in [0, 0.1) is 5.82 Å². The molecule has 1 rings (SSSR count). The maximum Gasteiger partial charge on any atom is 0.242 e. The van der Waals surface area contributed by atoms with E-state index in [0.717, 1.165) is 0 Å². The molecule has 0 saturated carbocycles. The van der Waals surface area contributed by atoms with Crippen LogP contribution in [0.5, 0.6) is 0 Å². The van der Waals surface area contributed by atoms with Gasteiger partial charge >= 0.3 is 0 Å². The minimum absolute atomic E-state index is 0.00701. The number of hydrogen-bond acceptors (Lipinski definition) is 3. The highest BCUT2D eigenvalue weighted by Crippen LogP contribution is 2.15. The molecule has 1 unspecified atom stereocenters. The minimum Gasteiger partial charge on any atom is -0.389 e. The molecule has 0 aromatic heterocycles. The van der Waals surface area contributed by atoms with Crippen molar-refractivity contribution in [3.63, 3.8) is 0 Å². The number of thiocarbonyl (C=S) groups is 1. The van der Waals surface area contributed by atoms with Crippen LogP contribution in [-0.2, 0) is 4.79 Å². The first kappa shape index (κ1) is 16.4. The van der Waals surface area contributed by atoms with Crippen molar-refractivity contribution < 1.29 is 9.18 Å². The molecule has 0 radical (unpaired) electrons. The van der Waals surface area contributed by atoms with Crippen molar-refractivity contribution in [2.45, 2.75) is 39.3 Å². The molecule has 0 aliphatic heterocycles. The molecule has 0 fully saturated rings. The maximum atomic E-state index is 13.7. The molecule has 1 aromatic rings. The van der Waals surface area contributed by atoms with Crippen molar-refractivity contribution in [1.82, 2.24) is 5.32 Å². The SMILES string of the molecule is CC(Nc1ccc(C(N)=S)c(F)c1)C(=O)NC(C)(C)C. The topological polar surface area (TPSA) is 67.1 Å². The first-order valence-electron chi connectivity index (χ1n) is 6.28. The van der Waals surface area contributed by atoms with E-state index in [1.54, 1.807) is 13.0 Å². The number of benzene rings is 1. The predicted molar refractivity (Wildman–Crippen MR) is 83.3 cm³/mol. The zero-order chi connectivity index (χ0) is 15.5. The van der Waals surface area contributed by atoms with Crippen LogP contribution in [0.25, 0.3) is 0 Å². The first-order chi connectivity index (χ1) is 9.10. The molecule has 0 spiro atoms. The zero-order valence-corrected chi connectivity index (χ0v) is 12.9. The Bertz CT molecular complexity index is 526. The third kappa shape index (κ3) is 4.77. The van der Waals surface area contributed by atoms with Gasteiger partial charge < -0.3 is 16.4 Å². The minimum atomic E-state index is -0.508. The van der Waals surface area contributed by atoms with Crippen molar-refractivity contribution in [3.8, 4) is 0 Å². The van der Waals surface area contributed by atoms with Crippen LogP contribution in [0.3, 0.4) is 0 Å². The second kappa shape index (κ2) is 6.17. The van der Waals surface area contributed by atoms with Gasteiger partial charge in [0.25, 0.3) is 0 Å². The summed E-state index contributed by atoms with van der Waals surface area (Å²) in [5.74, 6) is -0.665. The lowest BCUT2D eigenvalue weighted by molar-refractivity contribution is -0.122. The van der Waals surface area contributed by atoms with Crippen LogP contribution in [0.4, 0.5) is 10.1 Å². The molecule has 0 bridgehead atoms. The number of nitrogens with two attached hydrogens (primary N) is 1. The highest BCUT2D eigenvalue weighted by molar-refractivity contribution is 7.80. The van der Waals surface area contributed by atoms with Gasteiger partial charge in [-0.25, -0.2) is 4.39 Å². The van der Waals surface area contributed by atoms with Gasteiger partial charge in [-0.2, -0.15) is 0 Å². The Hall–Kier alpha value is -1.69. The Balaban J connectivity index is 2.76. The second-order valence-electron chi connectivity index (χ2n) is 5.66. The third-order valence-corrected chi connectivity index (χ3v) is 2.73. The van der Waals surface area contributed by atoms with Crippen molar-refractivity contribution >= 4 is 28.8 Å². The second-order valence-corrected chi connectivity index (χ2v) is 6.10. The molecule has 1 aromatic carbocycles. The summed E-state index contributed by atoms with van der Waals surface area (Å²) in [6, 6.07) is 3.92. The summed E-state index contributed by atoms with van der Waals surface area (Å²) in [4.78, 5) is 11.9. The molecule has 6 heteroatoms. The molecule has 0 aliphatic carbocycles. The van der Waals surface area contributed by atoms with E-state index in [2.05, 4.69) is 10.6 Å². The molecule has 4 nitrogen and oxygen atoms in total. The number of carbonyl (C=O) groups is 1. The largest absolute Gasteiger partial charge is 0.389 e. The fourth-order valence-electron chi connectivity index (χ4n) is 1.60. The standard InChI is InChI=1S/C14H20FN3OS/c1-8(13(19)18-14(2,3)4)17-9-5-6-10(12(16)20)11(15)7-9/h5-8,17H,1-4H3,(H2,16,20)(H,18,19). The van der Waals surface area contributed by atoms with Gasteiger partial charge in [-0.05, 0) is 45.9 Å². The lowest BCUT2D eigenvalue weighted by Crippen LogP contribution is -2.47. The fourth-order valence-corrected chi connectivity index (χ4v) is 1.76. The van der Waals surface area contributed by atoms with Crippen LogP contribution in [0.2, 0.25) is 0 Å². The summed E-state index contributed by atoms with van der Waals surface area (Å²) < 4.78 is 13.7. The number of carbonyl (C=O) groups excluding carboxylic acids is 1. The van der Waals surface area contributed by atoms with E-state index in [1.165, 1.54) is 12.1 Å². The van der Waals surface area contributed by atoms with E-state index in [1.807, 2.05) is 20.8 Å². The third-order valence-electron chi connectivity index (χ3n) is 2.51. The monoisotopic (exact) mass is 297 g/mol. The first-order valence-corrected chi connectivity index (χ1v) is 6.69. The number of halogens is 1. The van der Waals surface area contributed by atoms with E-state index in [4.69, 9.17) is 18.0 Å². The van der Waals surface area contributed by atoms with Gasteiger partial charge in [-0.3, -0.25) is 4.79 Å². The Morgan fingerprint density at radius 3 is 2.45 bits per heavy atom. The molecule has 1 atom stereocenters. The van der Waals surface area contributed by atoms with E-state index >= 15 is 0 Å². The van der Waals surface area contributed by atoms with E-state index in [-0.39, 0.29) is 22.0 Å². The average molecular weight is 297 g/mol. The van der Waals surface area contributed by atoms with E-state index in [9.17, 15) is 9.18 Å². The summed E-state index contributed by atoms with van der Waals surface area (Å²) in [6.07, 6.45) is 0. The number of nitrogens with one attached hydrogen (secondary N) is 2. The Kier molecular flexibility index (Phi) is 5.05. The van der Waals surface area contributed by atoms with Crippen molar-refractivity contribution in [1.29, 1.82) is 0 Å². The summed E-state index contributed by atoms with van der Waals surface area (Å²) in [5.41, 5.74) is 5.77. The van der Waals surface area contributed by atoms with Gasteiger partial charge in [0.1, 0.15) is 16.8 Å². The number of amides is 1. The molecular formula is C14H20FN3OS. The summed E-state index contributed by atoms with van der Waals surface area (Å²) >= 11 is 4.74. The van der Waals surface area contributed by atoms with Gasteiger partial charge in [-0.1, -0.05) is 12.2 Å². The molecule has 0 saturated heterocycles. The Labute approximate surface area is 123 Å². The Morgan fingerprint density at radius 2 is 2.00 bits per heavy atom. The molecule has 0 heterocycles.